The molecule has 0 bridgehead atoms. The maximum Gasteiger partial charge on any atom is 0.309 e. The highest BCUT2D eigenvalue weighted by atomic mass is 16.4. The van der Waals surface area contributed by atoms with Crippen molar-refractivity contribution in [2.24, 2.45) is 0 Å². The van der Waals surface area contributed by atoms with E-state index in [4.69, 9.17) is 14.6 Å². The van der Waals surface area contributed by atoms with Crippen LogP contribution in [0.1, 0.15) is 11.3 Å². The molecule has 2 rings (SSSR count). The molecule has 1 heterocycles. The second-order valence-electron chi connectivity index (χ2n) is 3.56. The maximum atomic E-state index is 10.7. The maximum absolute atomic E-state index is 10.7. The molecule has 5 heteroatoms. The fraction of sp³-hybridized carbons (Fsp3) is 0.167. The summed E-state index contributed by atoms with van der Waals surface area (Å²) in [5.41, 5.74) is 1.83. The Bertz CT molecular complexity index is 533. The molecule has 0 aliphatic carbocycles. The minimum atomic E-state index is -0.960. The van der Waals surface area contributed by atoms with Crippen LogP contribution in [0.2, 0.25) is 0 Å². The van der Waals surface area contributed by atoms with Gasteiger partial charge in [-0.2, -0.15) is 0 Å². The Labute approximate surface area is 97.3 Å². The summed E-state index contributed by atoms with van der Waals surface area (Å²) in [7, 11) is 0. The summed E-state index contributed by atoms with van der Waals surface area (Å²) in [4.78, 5) is 14.5. The van der Waals surface area contributed by atoms with Crippen molar-refractivity contribution < 1.29 is 19.4 Å². The molecule has 0 radical (unpaired) electrons. The number of aromatic nitrogens is 1. The first-order chi connectivity index (χ1) is 8.20. The lowest BCUT2D eigenvalue weighted by Gasteiger charge is -2.01. The van der Waals surface area contributed by atoms with Crippen molar-refractivity contribution in [3.63, 3.8) is 0 Å². The van der Waals surface area contributed by atoms with Crippen molar-refractivity contribution in [1.29, 1.82) is 0 Å². The first kappa shape index (κ1) is 11.3. The first-order valence-electron chi connectivity index (χ1n) is 5.05. The monoisotopic (exact) mass is 233 g/mol. The Morgan fingerprint density at radius 1 is 1.41 bits per heavy atom. The third kappa shape index (κ3) is 2.51. The van der Waals surface area contributed by atoms with Crippen LogP contribution in [0.4, 0.5) is 0 Å². The average Bonchev–Trinajstić information content (AvgIpc) is 2.76. The van der Waals surface area contributed by atoms with Crippen LogP contribution >= 0.6 is 0 Å². The summed E-state index contributed by atoms with van der Waals surface area (Å²) in [6.07, 6.45) is 1.04. The second-order valence-corrected chi connectivity index (χ2v) is 3.56. The summed E-state index contributed by atoms with van der Waals surface area (Å²) in [6, 6.07) is 7.07. The molecule has 0 atom stereocenters. The topological polar surface area (TPSA) is 83.6 Å². The highest BCUT2D eigenvalue weighted by Gasteiger charge is 2.13. The minimum absolute atomic E-state index is 0.0732. The van der Waals surface area contributed by atoms with Crippen molar-refractivity contribution in [2.75, 3.05) is 0 Å². The molecule has 5 nitrogen and oxygen atoms in total. The highest BCUT2D eigenvalue weighted by Crippen LogP contribution is 2.24. The van der Waals surface area contributed by atoms with E-state index < -0.39 is 5.97 Å². The van der Waals surface area contributed by atoms with Crippen molar-refractivity contribution in [2.45, 2.75) is 13.0 Å². The Kier molecular flexibility index (Phi) is 3.20. The number of rotatable bonds is 4. The number of aliphatic hydroxyl groups excluding tert-OH is 1. The molecule has 0 saturated carbocycles. The van der Waals surface area contributed by atoms with Gasteiger partial charge in [-0.05, 0) is 11.6 Å². The Morgan fingerprint density at radius 3 is 2.94 bits per heavy atom. The van der Waals surface area contributed by atoms with Crippen LogP contribution in [-0.4, -0.2) is 21.2 Å². The number of hydrogen-bond acceptors (Lipinski definition) is 4. The number of carboxylic acids is 1. The molecule has 0 aliphatic rings. The zero-order chi connectivity index (χ0) is 12.3. The van der Waals surface area contributed by atoms with E-state index in [9.17, 15) is 4.79 Å². The van der Waals surface area contributed by atoms with Gasteiger partial charge in [-0.3, -0.25) is 4.79 Å². The summed E-state index contributed by atoms with van der Waals surface area (Å²) >= 11 is 0. The van der Waals surface area contributed by atoms with E-state index >= 15 is 0 Å². The number of carboxylic acid groups (broad SMARTS) is 1. The predicted octanol–water partition coefficient (Wildman–Crippen LogP) is 1.46. The van der Waals surface area contributed by atoms with Gasteiger partial charge in [0.25, 0.3) is 0 Å². The number of aliphatic hydroxyl groups is 1. The van der Waals surface area contributed by atoms with Gasteiger partial charge in [0, 0.05) is 5.56 Å². The fourth-order valence-electron chi connectivity index (χ4n) is 1.58. The molecule has 17 heavy (non-hydrogen) atoms. The minimum Gasteiger partial charge on any atom is -0.481 e. The van der Waals surface area contributed by atoms with E-state index in [1.165, 1.54) is 6.39 Å². The molecule has 0 unspecified atom stereocenters. The van der Waals surface area contributed by atoms with Crippen molar-refractivity contribution in [1.82, 2.24) is 4.98 Å². The third-order valence-electron chi connectivity index (χ3n) is 2.33. The molecule has 0 spiro atoms. The van der Waals surface area contributed by atoms with Crippen LogP contribution in [0.25, 0.3) is 11.3 Å². The molecule has 0 saturated heterocycles. The average molecular weight is 233 g/mol. The SMILES string of the molecule is O=C(O)Cc1ncoc1-c1cccc(CO)c1. The van der Waals surface area contributed by atoms with Gasteiger partial charge in [0.05, 0.1) is 18.7 Å². The number of nitrogens with zero attached hydrogens (tertiary/aromatic N) is 1. The molecular weight excluding hydrogens is 222 g/mol. The largest absolute Gasteiger partial charge is 0.481 e. The summed E-state index contributed by atoms with van der Waals surface area (Å²) in [5, 5.41) is 17.8. The van der Waals surface area contributed by atoms with E-state index in [0.717, 1.165) is 5.56 Å². The first-order valence-corrected chi connectivity index (χ1v) is 5.05. The smallest absolute Gasteiger partial charge is 0.309 e. The number of aliphatic carboxylic acids is 1. The molecular formula is C12H11NO4. The van der Waals surface area contributed by atoms with Crippen molar-refractivity contribution in [3.05, 3.63) is 41.9 Å². The van der Waals surface area contributed by atoms with Crippen LogP contribution in [0.3, 0.4) is 0 Å². The van der Waals surface area contributed by atoms with E-state index in [0.29, 0.717) is 17.0 Å². The summed E-state index contributed by atoms with van der Waals surface area (Å²) in [5.74, 6) is -0.527. The molecule has 0 fully saturated rings. The Balaban J connectivity index is 2.38. The van der Waals surface area contributed by atoms with Gasteiger partial charge >= 0.3 is 5.97 Å². The fourth-order valence-corrected chi connectivity index (χ4v) is 1.58. The van der Waals surface area contributed by atoms with Gasteiger partial charge < -0.3 is 14.6 Å². The quantitative estimate of drug-likeness (QED) is 0.835. The van der Waals surface area contributed by atoms with E-state index in [2.05, 4.69) is 4.98 Å². The lowest BCUT2D eigenvalue weighted by molar-refractivity contribution is -0.136. The molecule has 1 aromatic heterocycles. The van der Waals surface area contributed by atoms with Crippen LogP contribution in [0.5, 0.6) is 0 Å². The lowest BCUT2D eigenvalue weighted by Crippen LogP contribution is -2.01. The Morgan fingerprint density at radius 2 is 2.24 bits per heavy atom. The number of hydrogen-bond donors (Lipinski definition) is 2. The summed E-state index contributed by atoms with van der Waals surface area (Å²) in [6.45, 7) is -0.0732. The molecule has 0 amide bonds. The van der Waals surface area contributed by atoms with Gasteiger partial charge in [0.1, 0.15) is 0 Å². The highest BCUT2D eigenvalue weighted by molar-refractivity contribution is 5.73. The van der Waals surface area contributed by atoms with Gasteiger partial charge in [-0.15, -0.1) is 0 Å². The molecule has 88 valence electrons. The van der Waals surface area contributed by atoms with Crippen LogP contribution in [-0.2, 0) is 17.8 Å². The van der Waals surface area contributed by atoms with Gasteiger partial charge in [0.15, 0.2) is 12.2 Å². The molecule has 2 aromatic rings. The lowest BCUT2D eigenvalue weighted by atomic mass is 10.1. The van der Waals surface area contributed by atoms with Crippen LogP contribution < -0.4 is 0 Å². The molecule has 1 aromatic carbocycles. The van der Waals surface area contributed by atoms with Crippen molar-refractivity contribution in [3.8, 4) is 11.3 Å². The standard InChI is InChI=1S/C12H11NO4/c14-6-8-2-1-3-9(4-8)12-10(5-11(15)16)13-7-17-12/h1-4,7,14H,5-6H2,(H,15,16). The normalized spacial score (nSPS) is 10.4. The van der Waals surface area contributed by atoms with Crippen molar-refractivity contribution >= 4 is 5.97 Å². The van der Waals surface area contributed by atoms with Gasteiger partial charge in [-0.25, -0.2) is 4.98 Å². The van der Waals surface area contributed by atoms with E-state index in [-0.39, 0.29) is 13.0 Å². The van der Waals surface area contributed by atoms with Crippen LogP contribution in [0.15, 0.2) is 35.1 Å². The van der Waals surface area contributed by atoms with Gasteiger partial charge in [0.2, 0.25) is 0 Å². The second kappa shape index (κ2) is 4.80. The third-order valence-corrected chi connectivity index (χ3v) is 2.33. The zero-order valence-electron chi connectivity index (χ0n) is 8.96. The molecule has 2 N–H and O–H groups in total. The van der Waals surface area contributed by atoms with E-state index in [1.54, 1.807) is 24.3 Å². The summed E-state index contributed by atoms with van der Waals surface area (Å²) < 4.78 is 5.19. The van der Waals surface area contributed by atoms with Gasteiger partial charge in [-0.1, -0.05) is 18.2 Å². The van der Waals surface area contributed by atoms with Crippen LogP contribution in [0, 0.1) is 0 Å². The Hall–Kier alpha value is -2.14. The number of benzene rings is 1. The zero-order valence-corrected chi connectivity index (χ0v) is 8.96. The molecule has 0 aliphatic heterocycles. The number of oxazole rings is 1. The van der Waals surface area contributed by atoms with E-state index in [1.807, 2.05) is 0 Å². The predicted molar refractivity (Wildman–Crippen MR) is 59.2 cm³/mol. The number of carbonyl (C=O) groups is 1.